The van der Waals surface area contributed by atoms with Gasteiger partial charge in [0.1, 0.15) is 39.8 Å². The highest BCUT2D eigenvalue weighted by atomic mass is 32.2. The van der Waals surface area contributed by atoms with E-state index in [1.54, 1.807) is 42.9 Å². The summed E-state index contributed by atoms with van der Waals surface area (Å²) in [6, 6.07) is 6.92. The van der Waals surface area contributed by atoms with E-state index in [9.17, 15) is 8.42 Å². The van der Waals surface area contributed by atoms with Gasteiger partial charge in [-0.2, -0.15) is 0 Å². The van der Waals surface area contributed by atoms with Crippen molar-refractivity contribution in [1.29, 1.82) is 0 Å². The molecule has 4 aromatic heterocycles. The van der Waals surface area contributed by atoms with Gasteiger partial charge in [-0.25, -0.2) is 28.4 Å². The van der Waals surface area contributed by atoms with Gasteiger partial charge >= 0.3 is 0 Å². The quantitative estimate of drug-likeness (QED) is 0.255. The van der Waals surface area contributed by atoms with Crippen LogP contribution < -0.4 is 14.2 Å². The molecule has 2 atom stereocenters. The fraction of sp³-hybridized carbons (Fsp3) is 0.280. The van der Waals surface area contributed by atoms with Gasteiger partial charge in [-0.05, 0) is 37.6 Å². The number of rotatable bonds is 10. The van der Waals surface area contributed by atoms with Crippen molar-refractivity contribution in [3.8, 4) is 28.7 Å². The predicted octanol–water partition coefficient (Wildman–Crippen LogP) is 2.84. The standard InChI is InChI=1S/C25H27N9O5S/c1-14-11-27-23(28-12-14)21(39-5)15(2)40(35,36)33-25-32-31-24(17-13-29-22-16(30-17)9-10-26-22)34(25)20-18(37-3)7-6-8-19(20)38-4/h6-13,15,21H,1-5H3,(H,26,29)(H,32,33)/t15-,21-/m0/s1. The zero-order valence-electron chi connectivity index (χ0n) is 22.4. The number of hydrogen-bond acceptors (Lipinski definition) is 11. The zero-order valence-corrected chi connectivity index (χ0v) is 23.2. The second-order valence-corrected chi connectivity index (χ2v) is 10.8. The molecule has 0 radical (unpaired) electrons. The number of nitrogens with zero attached hydrogens (tertiary/aromatic N) is 7. The summed E-state index contributed by atoms with van der Waals surface area (Å²) in [5, 5.41) is 7.35. The fourth-order valence-electron chi connectivity index (χ4n) is 4.16. The monoisotopic (exact) mass is 565 g/mol. The Morgan fingerprint density at radius 3 is 2.33 bits per heavy atom. The van der Waals surface area contributed by atoms with E-state index in [2.05, 4.69) is 39.8 Å². The second-order valence-electron chi connectivity index (χ2n) is 8.79. The molecule has 0 aliphatic rings. The van der Waals surface area contributed by atoms with Crippen LogP contribution in [0.1, 0.15) is 24.4 Å². The summed E-state index contributed by atoms with van der Waals surface area (Å²) in [6.07, 6.45) is 5.46. The topological polar surface area (TPSA) is 172 Å². The first-order valence-corrected chi connectivity index (χ1v) is 13.6. The number of nitrogens with one attached hydrogen (secondary N) is 2. The van der Waals surface area contributed by atoms with Crippen LogP contribution in [0.25, 0.3) is 28.4 Å². The van der Waals surface area contributed by atoms with Crippen LogP contribution in [-0.2, 0) is 14.8 Å². The van der Waals surface area contributed by atoms with Gasteiger partial charge in [-0.3, -0.25) is 9.29 Å². The molecule has 0 bridgehead atoms. The smallest absolute Gasteiger partial charge is 0.243 e. The normalized spacial score (nSPS) is 13.2. The molecule has 5 rings (SSSR count). The zero-order chi connectivity index (χ0) is 28.4. The average Bonchev–Trinajstić information content (AvgIpc) is 3.60. The summed E-state index contributed by atoms with van der Waals surface area (Å²) in [6.45, 7) is 3.33. The number of aryl methyl sites for hydroxylation is 1. The first-order chi connectivity index (χ1) is 19.3. The van der Waals surface area contributed by atoms with Crippen LogP contribution in [0.4, 0.5) is 5.95 Å². The lowest BCUT2D eigenvalue weighted by Gasteiger charge is -2.22. The number of hydrogen-bond donors (Lipinski definition) is 2. The third-order valence-corrected chi connectivity index (χ3v) is 7.93. The Morgan fingerprint density at radius 2 is 1.68 bits per heavy atom. The van der Waals surface area contributed by atoms with Crippen molar-refractivity contribution in [1.82, 2.24) is 39.7 Å². The van der Waals surface area contributed by atoms with Crippen molar-refractivity contribution < 1.29 is 22.6 Å². The second kappa shape index (κ2) is 10.9. The minimum atomic E-state index is -4.15. The minimum Gasteiger partial charge on any atom is -0.494 e. The van der Waals surface area contributed by atoms with E-state index >= 15 is 0 Å². The minimum absolute atomic E-state index is 0.125. The van der Waals surface area contributed by atoms with Gasteiger partial charge in [0.15, 0.2) is 17.3 Å². The number of anilines is 1. The number of fused-ring (bicyclic) bond motifs is 1. The molecule has 0 saturated heterocycles. The first-order valence-electron chi connectivity index (χ1n) is 12.1. The van der Waals surface area contributed by atoms with Crippen molar-refractivity contribution in [2.75, 3.05) is 26.1 Å². The van der Waals surface area contributed by atoms with Crippen molar-refractivity contribution in [2.45, 2.75) is 25.2 Å². The summed E-state index contributed by atoms with van der Waals surface area (Å²) in [5.41, 5.74) is 2.71. The molecule has 0 fully saturated rings. The van der Waals surface area contributed by atoms with E-state index in [0.29, 0.717) is 34.0 Å². The van der Waals surface area contributed by atoms with Crippen LogP contribution in [0, 0.1) is 6.92 Å². The molecule has 0 saturated carbocycles. The summed E-state index contributed by atoms with van der Waals surface area (Å²) in [5.74, 6) is 1.07. The highest BCUT2D eigenvalue weighted by Gasteiger charge is 2.35. The number of aromatic amines is 1. The van der Waals surface area contributed by atoms with Crippen LogP contribution in [0.3, 0.4) is 0 Å². The summed E-state index contributed by atoms with van der Waals surface area (Å²) in [7, 11) is 0.232. The molecule has 0 amide bonds. The van der Waals surface area contributed by atoms with Crippen molar-refractivity contribution >= 4 is 27.1 Å². The molecule has 0 aliphatic heterocycles. The van der Waals surface area contributed by atoms with E-state index in [-0.39, 0.29) is 17.6 Å². The summed E-state index contributed by atoms with van der Waals surface area (Å²) < 4.78 is 48.1. The Hall–Kier alpha value is -4.63. The molecule has 14 nitrogen and oxygen atoms in total. The lowest BCUT2D eigenvalue weighted by molar-refractivity contribution is 0.0949. The fourth-order valence-corrected chi connectivity index (χ4v) is 5.29. The lowest BCUT2D eigenvalue weighted by atomic mass is 10.2. The highest BCUT2D eigenvalue weighted by molar-refractivity contribution is 7.93. The number of para-hydroxylation sites is 1. The molecule has 15 heteroatoms. The Kier molecular flexibility index (Phi) is 7.32. The maximum Gasteiger partial charge on any atom is 0.243 e. The molecule has 40 heavy (non-hydrogen) atoms. The molecule has 208 valence electrons. The van der Waals surface area contributed by atoms with Crippen LogP contribution in [0.2, 0.25) is 0 Å². The van der Waals surface area contributed by atoms with E-state index in [1.807, 2.05) is 6.92 Å². The summed E-state index contributed by atoms with van der Waals surface area (Å²) >= 11 is 0. The van der Waals surface area contributed by atoms with Crippen molar-refractivity contribution in [3.63, 3.8) is 0 Å². The van der Waals surface area contributed by atoms with Crippen LogP contribution in [-0.4, -0.2) is 74.7 Å². The highest BCUT2D eigenvalue weighted by Crippen LogP contribution is 2.38. The van der Waals surface area contributed by atoms with Crippen molar-refractivity contribution in [2.24, 2.45) is 0 Å². The van der Waals surface area contributed by atoms with Gasteiger partial charge in [-0.15, -0.1) is 10.2 Å². The number of H-pyrrole nitrogens is 1. The van der Waals surface area contributed by atoms with Crippen LogP contribution in [0.5, 0.6) is 11.5 Å². The van der Waals surface area contributed by atoms with Crippen LogP contribution >= 0.6 is 0 Å². The number of methoxy groups -OCH3 is 3. The van der Waals surface area contributed by atoms with Gasteiger partial charge < -0.3 is 19.2 Å². The number of ether oxygens (including phenoxy) is 3. The number of aromatic nitrogens is 8. The van der Waals surface area contributed by atoms with Gasteiger partial charge in [0, 0.05) is 25.7 Å². The maximum atomic E-state index is 13.7. The van der Waals surface area contributed by atoms with Gasteiger partial charge in [0.05, 0.1) is 20.4 Å². The molecule has 0 spiro atoms. The van der Waals surface area contributed by atoms with E-state index in [4.69, 9.17) is 14.2 Å². The first kappa shape index (κ1) is 27.0. The van der Waals surface area contributed by atoms with Gasteiger partial charge in [-0.1, -0.05) is 6.07 Å². The molecular formula is C25H27N9O5S. The Morgan fingerprint density at radius 1 is 0.975 bits per heavy atom. The Bertz CT molecular complexity index is 1730. The Balaban J connectivity index is 1.64. The number of benzene rings is 1. The van der Waals surface area contributed by atoms with Crippen LogP contribution in [0.15, 0.2) is 49.1 Å². The van der Waals surface area contributed by atoms with E-state index in [0.717, 1.165) is 5.56 Å². The predicted molar refractivity (Wildman–Crippen MR) is 146 cm³/mol. The average molecular weight is 566 g/mol. The maximum absolute atomic E-state index is 13.7. The summed E-state index contributed by atoms with van der Waals surface area (Å²) in [4.78, 5) is 20.5. The lowest BCUT2D eigenvalue weighted by Crippen LogP contribution is -2.33. The van der Waals surface area contributed by atoms with Crippen molar-refractivity contribution in [3.05, 3.63) is 60.4 Å². The third-order valence-electron chi connectivity index (χ3n) is 6.24. The molecule has 4 heterocycles. The number of sulfonamides is 1. The molecule has 5 aromatic rings. The molecule has 0 unspecified atom stereocenters. The molecule has 2 N–H and O–H groups in total. The third kappa shape index (κ3) is 4.91. The molecular weight excluding hydrogens is 538 g/mol. The molecule has 1 aromatic carbocycles. The largest absolute Gasteiger partial charge is 0.494 e. The molecule has 0 aliphatic carbocycles. The van der Waals surface area contributed by atoms with E-state index < -0.39 is 21.4 Å². The van der Waals surface area contributed by atoms with Gasteiger partial charge in [0.25, 0.3) is 0 Å². The van der Waals surface area contributed by atoms with E-state index in [1.165, 1.54) is 39.0 Å². The van der Waals surface area contributed by atoms with Gasteiger partial charge in [0.2, 0.25) is 16.0 Å². The Labute approximate surface area is 229 Å². The SMILES string of the molecule is COc1cccc(OC)c1-n1c(NS(=O)(=O)[C@@H](C)[C@H](OC)c2ncc(C)cn2)nnc1-c1cnc2[nH]ccc2n1.